The molecule has 1 N–H and O–H groups in total. The van der Waals surface area contributed by atoms with Gasteiger partial charge in [-0.25, -0.2) is 0 Å². The summed E-state index contributed by atoms with van der Waals surface area (Å²) in [6, 6.07) is 12.3. The first-order valence-electron chi connectivity index (χ1n) is 6.48. The van der Waals surface area contributed by atoms with Crippen molar-refractivity contribution < 1.29 is 4.74 Å². The van der Waals surface area contributed by atoms with Crippen LogP contribution in [-0.2, 0) is 6.54 Å². The van der Waals surface area contributed by atoms with Crippen LogP contribution in [-0.4, -0.2) is 13.2 Å². The van der Waals surface area contributed by atoms with Gasteiger partial charge in [0, 0.05) is 23.5 Å². The Morgan fingerprint density at radius 1 is 1.21 bits per heavy atom. The van der Waals surface area contributed by atoms with E-state index in [4.69, 9.17) is 4.74 Å². The molecule has 0 unspecified atom stereocenters. The first kappa shape index (κ1) is 13.8. The zero-order chi connectivity index (χ0) is 13.3. The second-order valence-corrected chi connectivity index (χ2v) is 5.17. The summed E-state index contributed by atoms with van der Waals surface area (Å²) in [6.45, 7) is 4.46. The van der Waals surface area contributed by atoms with Crippen molar-refractivity contribution in [2.24, 2.45) is 0 Å². The molecular weight excluding hydrogens is 254 g/mol. The third-order valence-electron chi connectivity index (χ3n) is 2.68. The van der Waals surface area contributed by atoms with Crippen molar-refractivity contribution in [3.05, 3.63) is 58.3 Å². The average molecular weight is 273 g/mol. The highest BCUT2D eigenvalue weighted by Crippen LogP contribution is 2.19. The highest BCUT2D eigenvalue weighted by molar-refractivity contribution is 7.09. The molecule has 3 heteroatoms. The molecule has 0 atom stereocenters. The van der Waals surface area contributed by atoms with E-state index < -0.39 is 0 Å². The molecule has 0 amide bonds. The lowest BCUT2D eigenvalue weighted by molar-refractivity contribution is 0.313. The van der Waals surface area contributed by atoms with Crippen LogP contribution in [0.2, 0.25) is 0 Å². The van der Waals surface area contributed by atoms with Crippen LogP contribution in [0.25, 0.3) is 6.08 Å². The highest BCUT2D eigenvalue weighted by atomic mass is 32.1. The Kier molecular flexibility index (Phi) is 5.66. The van der Waals surface area contributed by atoms with Crippen molar-refractivity contribution in [1.29, 1.82) is 0 Å². The monoisotopic (exact) mass is 273 g/mol. The standard InChI is InChI=1S/C16H19NOS/c1-2-6-14-7-3-4-9-16(14)18-11-10-17-13-15-8-5-12-19-15/h2-9,12,17H,10-11,13H2,1H3. The number of nitrogens with one attached hydrogen (secondary N) is 1. The summed E-state index contributed by atoms with van der Waals surface area (Å²) in [7, 11) is 0. The number of rotatable bonds is 7. The van der Waals surface area contributed by atoms with Gasteiger partial charge in [-0.3, -0.25) is 0 Å². The Bertz CT molecular complexity index is 505. The summed E-state index contributed by atoms with van der Waals surface area (Å²) in [5.74, 6) is 0.943. The van der Waals surface area contributed by atoms with Crippen LogP contribution in [0.15, 0.2) is 47.9 Å². The van der Waals surface area contributed by atoms with E-state index in [0.29, 0.717) is 6.61 Å². The van der Waals surface area contributed by atoms with Gasteiger partial charge in [0.2, 0.25) is 0 Å². The van der Waals surface area contributed by atoms with Gasteiger partial charge in [0.25, 0.3) is 0 Å². The summed E-state index contributed by atoms with van der Waals surface area (Å²) in [6.07, 6.45) is 4.09. The molecule has 100 valence electrons. The maximum Gasteiger partial charge on any atom is 0.126 e. The largest absolute Gasteiger partial charge is 0.492 e. The summed E-state index contributed by atoms with van der Waals surface area (Å²) < 4.78 is 5.80. The Morgan fingerprint density at radius 3 is 2.89 bits per heavy atom. The van der Waals surface area contributed by atoms with E-state index >= 15 is 0 Å². The average Bonchev–Trinajstić information content (AvgIpc) is 2.94. The highest BCUT2D eigenvalue weighted by Gasteiger charge is 1.99. The van der Waals surface area contributed by atoms with Gasteiger partial charge in [0.05, 0.1) is 0 Å². The molecule has 2 nitrogen and oxygen atoms in total. The maximum absolute atomic E-state index is 5.80. The predicted octanol–water partition coefficient (Wildman–Crippen LogP) is 3.95. The minimum Gasteiger partial charge on any atom is -0.492 e. The van der Waals surface area contributed by atoms with Gasteiger partial charge < -0.3 is 10.1 Å². The van der Waals surface area contributed by atoms with Gasteiger partial charge in [-0.15, -0.1) is 11.3 Å². The predicted molar refractivity (Wildman–Crippen MR) is 82.7 cm³/mol. The second-order valence-electron chi connectivity index (χ2n) is 4.14. The normalized spacial score (nSPS) is 11.0. The minimum absolute atomic E-state index is 0.680. The van der Waals surface area contributed by atoms with Crippen molar-refractivity contribution in [3.8, 4) is 5.75 Å². The van der Waals surface area contributed by atoms with Gasteiger partial charge >= 0.3 is 0 Å². The van der Waals surface area contributed by atoms with Gasteiger partial charge in [-0.2, -0.15) is 0 Å². The number of ether oxygens (including phenoxy) is 1. The van der Waals surface area contributed by atoms with E-state index in [1.165, 1.54) is 4.88 Å². The molecule has 0 saturated heterocycles. The first-order chi connectivity index (χ1) is 9.40. The van der Waals surface area contributed by atoms with E-state index in [-0.39, 0.29) is 0 Å². The number of hydrogen-bond acceptors (Lipinski definition) is 3. The molecule has 1 aromatic carbocycles. The van der Waals surface area contributed by atoms with Crippen molar-refractivity contribution in [3.63, 3.8) is 0 Å². The maximum atomic E-state index is 5.80. The van der Waals surface area contributed by atoms with E-state index in [1.54, 1.807) is 11.3 Å². The summed E-state index contributed by atoms with van der Waals surface area (Å²) in [5, 5.41) is 5.47. The fourth-order valence-corrected chi connectivity index (χ4v) is 2.46. The summed E-state index contributed by atoms with van der Waals surface area (Å²) >= 11 is 1.77. The lowest BCUT2D eigenvalue weighted by Crippen LogP contribution is -2.20. The summed E-state index contributed by atoms with van der Waals surface area (Å²) in [4.78, 5) is 1.36. The zero-order valence-electron chi connectivity index (χ0n) is 11.1. The smallest absolute Gasteiger partial charge is 0.126 e. The molecule has 19 heavy (non-hydrogen) atoms. The van der Waals surface area contributed by atoms with E-state index in [1.807, 2.05) is 31.2 Å². The van der Waals surface area contributed by atoms with Crippen LogP contribution in [0.1, 0.15) is 17.4 Å². The Morgan fingerprint density at radius 2 is 2.11 bits per heavy atom. The third-order valence-corrected chi connectivity index (χ3v) is 3.56. The number of para-hydroxylation sites is 1. The molecule has 2 aromatic rings. The fraction of sp³-hybridized carbons (Fsp3) is 0.250. The molecule has 0 radical (unpaired) electrons. The topological polar surface area (TPSA) is 21.3 Å². The molecule has 0 aliphatic heterocycles. The van der Waals surface area contributed by atoms with Crippen LogP contribution >= 0.6 is 11.3 Å². The van der Waals surface area contributed by atoms with Crippen LogP contribution in [0.3, 0.4) is 0 Å². The summed E-state index contributed by atoms with van der Waals surface area (Å²) in [5.41, 5.74) is 1.13. The Hall–Kier alpha value is -1.58. The molecule has 0 saturated carbocycles. The molecular formula is C16H19NOS. The molecule has 0 aliphatic carbocycles. The molecule has 1 aromatic heterocycles. The molecule has 0 bridgehead atoms. The minimum atomic E-state index is 0.680. The number of thiophene rings is 1. The van der Waals surface area contributed by atoms with Crippen LogP contribution < -0.4 is 10.1 Å². The molecule has 1 heterocycles. The van der Waals surface area contributed by atoms with E-state index in [9.17, 15) is 0 Å². The van der Waals surface area contributed by atoms with E-state index in [2.05, 4.69) is 35.0 Å². The van der Waals surface area contributed by atoms with Crippen molar-refractivity contribution in [2.45, 2.75) is 13.5 Å². The Balaban J connectivity index is 1.73. The first-order valence-corrected chi connectivity index (χ1v) is 7.35. The van der Waals surface area contributed by atoms with Gasteiger partial charge in [0.1, 0.15) is 12.4 Å². The molecule has 0 spiro atoms. The van der Waals surface area contributed by atoms with Gasteiger partial charge in [-0.05, 0) is 24.4 Å². The number of hydrogen-bond donors (Lipinski definition) is 1. The van der Waals surface area contributed by atoms with E-state index in [0.717, 1.165) is 24.4 Å². The third kappa shape index (κ3) is 4.54. The lowest BCUT2D eigenvalue weighted by Gasteiger charge is -2.09. The van der Waals surface area contributed by atoms with Crippen LogP contribution in [0, 0.1) is 0 Å². The number of benzene rings is 1. The van der Waals surface area contributed by atoms with Crippen LogP contribution in [0.5, 0.6) is 5.75 Å². The number of allylic oxidation sites excluding steroid dienone is 1. The van der Waals surface area contributed by atoms with Crippen LogP contribution in [0.4, 0.5) is 0 Å². The zero-order valence-corrected chi connectivity index (χ0v) is 12.0. The SMILES string of the molecule is CC=Cc1ccccc1OCCNCc1cccs1. The van der Waals surface area contributed by atoms with Gasteiger partial charge in [-0.1, -0.05) is 36.4 Å². The fourth-order valence-electron chi connectivity index (χ4n) is 1.79. The van der Waals surface area contributed by atoms with Gasteiger partial charge in [0.15, 0.2) is 0 Å². The van der Waals surface area contributed by atoms with Crippen molar-refractivity contribution in [2.75, 3.05) is 13.2 Å². The Labute approximate surface area is 118 Å². The quantitative estimate of drug-likeness (QED) is 0.771. The van der Waals surface area contributed by atoms with Crippen molar-refractivity contribution in [1.82, 2.24) is 5.32 Å². The molecule has 0 aliphatic rings. The lowest BCUT2D eigenvalue weighted by atomic mass is 10.2. The molecule has 2 rings (SSSR count). The second kappa shape index (κ2) is 7.77. The molecule has 0 fully saturated rings. The van der Waals surface area contributed by atoms with Crippen molar-refractivity contribution >= 4 is 17.4 Å².